The van der Waals surface area contributed by atoms with Gasteiger partial charge in [-0.15, -0.1) is 11.8 Å². The molecule has 0 fully saturated rings. The molecule has 30 heavy (non-hydrogen) atoms. The van der Waals surface area contributed by atoms with Crippen molar-refractivity contribution in [2.75, 3.05) is 11.1 Å². The minimum absolute atomic E-state index is 0.101. The highest BCUT2D eigenvalue weighted by molar-refractivity contribution is 7.99. The summed E-state index contributed by atoms with van der Waals surface area (Å²) < 4.78 is 34.2. The molecule has 2 aromatic carbocycles. The van der Waals surface area contributed by atoms with Crippen LogP contribution in [0, 0.1) is 0 Å². The number of sulfonamides is 1. The zero-order chi connectivity index (χ0) is 21.1. The topological polar surface area (TPSA) is 79.6 Å². The smallest absolute Gasteiger partial charge is 0.244 e. The number of fused-ring (bicyclic) bond motifs is 1. The molecule has 1 aromatic heterocycles. The number of carbonyl (C=O) groups excluding carboxylic acids is 1. The Kier molecular flexibility index (Phi) is 5.99. The molecule has 1 aliphatic heterocycles. The van der Waals surface area contributed by atoms with Crippen molar-refractivity contribution in [1.82, 2.24) is 4.31 Å². The Morgan fingerprint density at radius 2 is 1.93 bits per heavy atom. The summed E-state index contributed by atoms with van der Waals surface area (Å²) in [4.78, 5) is 13.0. The van der Waals surface area contributed by atoms with Crippen molar-refractivity contribution < 1.29 is 17.6 Å². The van der Waals surface area contributed by atoms with Gasteiger partial charge in [0, 0.05) is 23.1 Å². The molecular weight excluding hydrogens is 420 g/mol. The summed E-state index contributed by atoms with van der Waals surface area (Å²) in [7, 11) is -3.87. The van der Waals surface area contributed by atoms with E-state index < -0.39 is 16.1 Å². The standard InChI is InChI=1S/C22H22N2O4S2/c1-16(17-6-3-2-4-7-17)24(15-18-8-5-12-28-18)30(26,27)19-9-10-21-20(14-19)23-22(25)11-13-29-21/h2-10,12,14,16H,11,13,15H2,1H3,(H,23,25)/t16-/m0/s1. The molecule has 2 heterocycles. The maximum atomic E-state index is 13.7. The molecule has 0 unspecified atom stereocenters. The van der Waals surface area contributed by atoms with Gasteiger partial charge in [0.15, 0.2) is 0 Å². The van der Waals surface area contributed by atoms with E-state index >= 15 is 0 Å². The van der Waals surface area contributed by atoms with Gasteiger partial charge >= 0.3 is 0 Å². The second-order valence-electron chi connectivity index (χ2n) is 7.02. The van der Waals surface area contributed by atoms with Crippen LogP contribution in [0.3, 0.4) is 0 Å². The number of rotatable bonds is 6. The van der Waals surface area contributed by atoms with E-state index in [1.807, 2.05) is 37.3 Å². The van der Waals surface area contributed by atoms with Crippen LogP contribution in [0.15, 0.2) is 81.1 Å². The molecule has 1 N–H and O–H groups in total. The van der Waals surface area contributed by atoms with Crippen LogP contribution in [0.2, 0.25) is 0 Å². The van der Waals surface area contributed by atoms with E-state index in [1.54, 1.807) is 42.1 Å². The minimum Gasteiger partial charge on any atom is -0.468 e. The average molecular weight is 443 g/mol. The van der Waals surface area contributed by atoms with Crippen LogP contribution in [0.1, 0.15) is 30.7 Å². The normalized spacial score (nSPS) is 15.3. The van der Waals surface area contributed by atoms with Gasteiger partial charge in [0.2, 0.25) is 15.9 Å². The first-order chi connectivity index (χ1) is 14.4. The summed E-state index contributed by atoms with van der Waals surface area (Å²) in [6.07, 6.45) is 1.93. The molecule has 3 aromatic rings. The second-order valence-corrected chi connectivity index (χ2v) is 10.0. The van der Waals surface area contributed by atoms with Crippen molar-refractivity contribution >= 4 is 33.4 Å². The summed E-state index contributed by atoms with van der Waals surface area (Å²) in [6, 6.07) is 17.5. The van der Waals surface area contributed by atoms with E-state index in [0.29, 0.717) is 23.6 Å². The lowest BCUT2D eigenvalue weighted by molar-refractivity contribution is -0.115. The lowest BCUT2D eigenvalue weighted by Gasteiger charge is -2.28. The van der Waals surface area contributed by atoms with Crippen LogP contribution in [0.4, 0.5) is 5.69 Å². The van der Waals surface area contributed by atoms with E-state index in [2.05, 4.69) is 5.32 Å². The predicted molar refractivity (Wildman–Crippen MR) is 117 cm³/mol. The summed E-state index contributed by atoms with van der Waals surface area (Å²) in [5, 5.41) is 2.82. The average Bonchev–Trinajstić information content (AvgIpc) is 3.19. The fourth-order valence-electron chi connectivity index (χ4n) is 3.38. The largest absolute Gasteiger partial charge is 0.468 e. The molecule has 1 amide bonds. The molecule has 1 aliphatic rings. The highest BCUT2D eigenvalue weighted by atomic mass is 32.2. The molecule has 156 valence electrons. The van der Waals surface area contributed by atoms with E-state index in [1.165, 1.54) is 10.6 Å². The highest BCUT2D eigenvalue weighted by Gasteiger charge is 2.31. The summed E-state index contributed by atoms with van der Waals surface area (Å²) in [5.41, 5.74) is 1.42. The molecule has 0 saturated carbocycles. The van der Waals surface area contributed by atoms with Gasteiger partial charge in [-0.25, -0.2) is 8.42 Å². The highest BCUT2D eigenvalue weighted by Crippen LogP contribution is 2.35. The van der Waals surface area contributed by atoms with Gasteiger partial charge in [-0.1, -0.05) is 30.3 Å². The maximum Gasteiger partial charge on any atom is 0.244 e. The Hall–Kier alpha value is -2.55. The fraction of sp³-hybridized carbons (Fsp3) is 0.227. The first-order valence-corrected chi connectivity index (χ1v) is 12.0. The van der Waals surface area contributed by atoms with Crippen molar-refractivity contribution in [3.05, 3.63) is 78.3 Å². The number of benzene rings is 2. The van der Waals surface area contributed by atoms with E-state index in [0.717, 1.165) is 10.5 Å². The van der Waals surface area contributed by atoms with Gasteiger partial charge in [0.1, 0.15) is 5.76 Å². The van der Waals surface area contributed by atoms with Crippen molar-refractivity contribution in [2.24, 2.45) is 0 Å². The van der Waals surface area contributed by atoms with Crippen LogP contribution in [0.5, 0.6) is 0 Å². The molecule has 0 radical (unpaired) electrons. The van der Waals surface area contributed by atoms with Gasteiger partial charge in [0.05, 0.1) is 23.4 Å². The first kappa shape index (κ1) is 20.7. The third-order valence-corrected chi connectivity index (χ3v) is 8.01. The fourth-order valence-corrected chi connectivity index (χ4v) is 5.93. The molecule has 0 aliphatic carbocycles. The van der Waals surface area contributed by atoms with Crippen LogP contribution in [0.25, 0.3) is 0 Å². The first-order valence-electron chi connectivity index (χ1n) is 9.61. The zero-order valence-electron chi connectivity index (χ0n) is 16.4. The number of carbonyl (C=O) groups is 1. The molecule has 8 heteroatoms. The SMILES string of the molecule is C[C@@H](c1ccccc1)N(Cc1ccco1)S(=O)(=O)c1ccc2c(c1)NC(=O)CCS2. The summed E-state index contributed by atoms with van der Waals surface area (Å²) >= 11 is 1.54. The molecule has 0 saturated heterocycles. The third-order valence-electron chi connectivity index (χ3n) is 5.02. The molecule has 0 spiro atoms. The Bertz CT molecular complexity index is 1130. The number of nitrogens with one attached hydrogen (secondary N) is 1. The monoisotopic (exact) mass is 442 g/mol. The second kappa shape index (κ2) is 8.67. The lowest BCUT2D eigenvalue weighted by Crippen LogP contribution is -2.33. The quantitative estimate of drug-likeness (QED) is 0.600. The number of anilines is 1. The minimum atomic E-state index is -3.87. The zero-order valence-corrected chi connectivity index (χ0v) is 18.1. The maximum absolute atomic E-state index is 13.7. The number of furan rings is 1. The number of thioether (sulfide) groups is 1. The van der Waals surface area contributed by atoms with Crippen molar-refractivity contribution in [2.45, 2.75) is 35.7 Å². The molecular formula is C22H22N2O4S2. The van der Waals surface area contributed by atoms with Gasteiger partial charge in [0.25, 0.3) is 0 Å². The van der Waals surface area contributed by atoms with Crippen LogP contribution >= 0.6 is 11.8 Å². The van der Waals surface area contributed by atoms with Crippen LogP contribution in [-0.4, -0.2) is 24.4 Å². The lowest BCUT2D eigenvalue weighted by atomic mass is 10.1. The van der Waals surface area contributed by atoms with E-state index in [-0.39, 0.29) is 17.3 Å². The number of nitrogens with zero attached hydrogens (tertiary/aromatic N) is 1. The third kappa shape index (κ3) is 4.30. The predicted octanol–water partition coefficient (Wildman–Crippen LogP) is 4.67. The number of hydrogen-bond acceptors (Lipinski definition) is 5. The Labute approximate surface area is 180 Å². The summed E-state index contributed by atoms with van der Waals surface area (Å²) in [5.74, 6) is 1.11. The van der Waals surface area contributed by atoms with Gasteiger partial charge < -0.3 is 9.73 Å². The van der Waals surface area contributed by atoms with E-state index in [4.69, 9.17) is 4.42 Å². The van der Waals surface area contributed by atoms with Crippen molar-refractivity contribution in [3.8, 4) is 0 Å². The van der Waals surface area contributed by atoms with Crippen LogP contribution in [-0.2, 0) is 21.4 Å². The Balaban J connectivity index is 1.74. The number of hydrogen-bond donors (Lipinski definition) is 1. The molecule has 4 rings (SSSR count). The van der Waals surface area contributed by atoms with Crippen molar-refractivity contribution in [1.29, 1.82) is 0 Å². The van der Waals surface area contributed by atoms with Crippen molar-refractivity contribution in [3.63, 3.8) is 0 Å². The van der Waals surface area contributed by atoms with Crippen LogP contribution < -0.4 is 5.32 Å². The molecule has 6 nitrogen and oxygen atoms in total. The van der Waals surface area contributed by atoms with Gasteiger partial charge in [-0.3, -0.25) is 4.79 Å². The Morgan fingerprint density at radius 1 is 1.13 bits per heavy atom. The van der Waals surface area contributed by atoms with Gasteiger partial charge in [-0.05, 0) is 42.8 Å². The van der Waals surface area contributed by atoms with E-state index in [9.17, 15) is 13.2 Å². The molecule has 0 bridgehead atoms. The van der Waals surface area contributed by atoms with Gasteiger partial charge in [-0.2, -0.15) is 4.31 Å². The summed E-state index contributed by atoms with van der Waals surface area (Å²) in [6.45, 7) is 1.96. The molecule has 1 atom stereocenters. The Morgan fingerprint density at radius 3 is 2.67 bits per heavy atom. The number of amides is 1.